The minimum atomic E-state index is 0.379. The fourth-order valence-electron chi connectivity index (χ4n) is 3.75. The van der Waals surface area contributed by atoms with Crippen LogP contribution in [0.5, 0.6) is 0 Å². The van der Waals surface area contributed by atoms with Gasteiger partial charge in [0.15, 0.2) is 0 Å². The molecule has 140 valence electrons. The van der Waals surface area contributed by atoms with Gasteiger partial charge in [0.2, 0.25) is 0 Å². The van der Waals surface area contributed by atoms with E-state index in [2.05, 4.69) is 76.2 Å². The molecular weight excluding hydrogens is 380 g/mol. The number of hydrogen-bond acceptors (Lipinski definition) is 4. The fourth-order valence-corrected chi connectivity index (χ4v) is 6.80. The average Bonchev–Trinajstić information content (AvgIpc) is 2.71. The van der Waals surface area contributed by atoms with E-state index < -0.39 is 0 Å². The molecule has 0 aliphatic carbocycles. The number of nitrogens with zero attached hydrogens (tertiary/aromatic N) is 2. The molecule has 4 aromatic rings. The maximum Gasteiger partial charge on any atom is 0.0717 e. The van der Waals surface area contributed by atoms with E-state index in [9.17, 15) is 0 Å². The second kappa shape index (κ2) is 6.78. The number of para-hydroxylation sites is 2. The van der Waals surface area contributed by atoms with Gasteiger partial charge in [-0.05, 0) is 24.0 Å². The van der Waals surface area contributed by atoms with Crippen molar-refractivity contribution in [3.8, 4) is 0 Å². The Kier molecular flexibility index (Phi) is 4.37. The van der Waals surface area contributed by atoms with Gasteiger partial charge in [-0.15, -0.1) is 0 Å². The van der Waals surface area contributed by atoms with E-state index in [4.69, 9.17) is 9.97 Å². The average molecular weight is 403 g/mol. The molecule has 0 saturated heterocycles. The first kappa shape index (κ1) is 18.0. The van der Waals surface area contributed by atoms with Gasteiger partial charge in [0, 0.05) is 30.4 Å². The van der Waals surface area contributed by atoms with Crippen LogP contribution in [0.3, 0.4) is 0 Å². The molecule has 0 radical (unpaired) electrons. The SMILES string of the molecule is CC(C)c1nc2ccccc2c2c1Sc1c(C(C)C)nc3ccccc3c1S2. The van der Waals surface area contributed by atoms with Crippen LogP contribution in [0.15, 0.2) is 68.1 Å². The summed E-state index contributed by atoms with van der Waals surface area (Å²) in [5.41, 5.74) is 4.56. The zero-order valence-electron chi connectivity index (χ0n) is 16.5. The van der Waals surface area contributed by atoms with Crippen LogP contribution in [0.25, 0.3) is 21.8 Å². The minimum absolute atomic E-state index is 0.379. The topological polar surface area (TPSA) is 25.8 Å². The van der Waals surface area contributed by atoms with Crippen molar-refractivity contribution in [1.29, 1.82) is 0 Å². The lowest BCUT2D eigenvalue weighted by Crippen LogP contribution is -2.06. The summed E-state index contributed by atoms with van der Waals surface area (Å²) >= 11 is 3.78. The van der Waals surface area contributed by atoms with Crippen molar-refractivity contribution in [2.24, 2.45) is 0 Å². The van der Waals surface area contributed by atoms with Crippen LogP contribution >= 0.6 is 23.5 Å². The van der Waals surface area contributed by atoms with Crippen LogP contribution in [-0.4, -0.2) is 9.97 Å². The van der Waals surface area contributed by atoms with Gasteiger partial charge in [-0.2, -0.15) is 0 Å². The summed E-state index contributed by atoms with van der Waals surface area (Å²) < 4.78 is 0. The fraction of sp³-hybridized carbons (Fsp3) is 0.250. The number of hydrogen-bond donors (Lipinski definition) is 0. The van der Waals surface area contributed by atoms with Crippen molar-refractivity contribution in [2.75, 3.05) is 0 Å². The van der Waals surface area contributed by atoms with E-state index in [1.54, 1.807) is 0 Å². The Hall–Kier alpha value is -2.04. The predicted molar refractivity (Wildman–Crippen MR) is 120 cm³/mol. The van der Waals surface area contributed by atoms with Gasteiger partial charge < -0.3 is 0 Å². The van der Waals surface area contributed by atoms with Gasteiger partial charge in [0.25, 0.3) is 0 Å². The normalized spacial score (nSPS) is 13.4. The molecule has 0 N–H and O–H groups in total. The molecule has 4 heteroatoms. The standard InChI is InChI=1S/C24H22N2S2/c1-13(2)19-23-21(15-9-5-7-11-17(15)25-19)27-22-16-10-6-8-12-18(16)26-20(14(3)4)24(22)28-23/h5-14H,1-4H3. The number of fused-ring (bicyclic) bond motifs is 6. The maximum atomic E-state index is 5.04. The van der Waals surface area contributed by atoms with Crippen molar-refractivity contribution in [3.63, 3.8) is 0 Å². The maximum absolute atomic E-state index is 5.04. The van der Waals surface area contributed by atoms with Crippen molar-refractivity contribution in [2.45, 2.75) is 59.1 Å². The van der Waals surface area contributed by atoms with E-state index in [1.165, 1.54) is 41.7 Å². The van der Waals surface area contributed by atoms with Gasteiger partial charge in [-0.25, -0.2) is 0 Å². The smallest absolute Gasteiger partial charge is 0.0717 e. The summed E-state index contributed by atoms with van der Waals surface area (Å²) in [6, 6.07) is 17.1. The molecule has 0 fully saturated rings. The van der Waals surface area contributed by atoms with Crippen LogP contribution in [-0.2, 0) is 0 Å². The first-order valence-electron chi connectivity index (χ1n) is 9.75. The lowest BCUT2D eigenvalue weighted by molar-refractivity contribution is 0.779. The second-order valence-electron chi connectivity index (χ2n) is 7.86. The summed E-state index contributed by atoms with van der Waals surface area (Å²) in [5, 5.41) is 2.49. The summed E-state index contributed by atoms with van der Waals surface area (Å²) in [5.74, 6) is 0.757. The molecule has 3 heterocycles. The number of aromatic nitrogens is 2. The lowest BCUT2D eigenvalue weighted by atomic mass is 10.1. The molecule has 0 bridgehead atoms. The Morgan fingerprint density at radius 3 is 1.39 bits per heavy atom. The Bertz CT molecular complexity index is 1130. The molecule has 0 atom stereocenters. The van der Waals surface area contributed by atoms with E-state index in [1.807, 2.05) is 23.5 Å². The van der Waals surface area contributed by atoms with Crippen LogP contribution in [0.2, 0.25) is 0 Å². The van der Waals surface area contributed by atoms with Gasteiger partial charge in [0.1, 0.15) is 0 Å². The molecule has 2 aromatic heterocycles. The molecule has 2 aromatic carbocycles. The Morgan fingerprint density at radius 1 is 0.571 bits per heavy atom. The van der Waals surface area contributed by atoms with Crippen molar-refractivity contribution in [3.05, 3.63) is 59.9 Å². The molecule has 28 heavy (non-hydrogen) atoms. The molecule has 0 saturated carbocycles. The zero-order valence-corrected chi connectivity index (χ0v) is 18.1. The third kappa shape index (κ3) is 2.73. The molecule has 0 amide bonds. The van der Waals surface area contributed by atoms with Crippen molar-refractivity contribution < 1.29 is 0 Å². The van der Waals surface area contributed by atoms with Crippen LogP contribution in [0.1, 0.15) is 50.9 Å². The number of rotatable bonds is 2. The van der Waals surface area contributed by atoms with Crippen LogP contribution in [0, 0.1) is 0 Å². The predicted octanol–water partition coefficient (Wildman–Crippen LogP) is 7.65. The molecule has 0 spiro atoms. The number of benzene rings is 2. The highest BCUT2D eigenvalue weighted by Crippen LogP contribution is 2.55. The highest BCUT2D eigenvalue weighted by atomic mass is 32.2. The molecular formula is C24H22N2S2. The third-order valence-electron chi connectivity index (χ3n) is 5.16. The summed E-state index contributed by atoms with van der Waals surface area (Å²) in [7, 11) is 0. The zero-order chi connectivity index (χ0) is 19.4. The lowest BCUT2D eigenvalue weighted by Gasteiger charge is -2.27. The highest BCUT2D eigenvalue weighted by molar-refractivity contribution is 8.05. The molecule has 2 nitrogen and oxygen atoms in total. The van der Waals surface area contributed by atoms with Crippen LogP contribution < -0.4 is 0 Å². The molecule has 5 rings (SSSR count). The largest absolute Gasteiger partial charge is 0.251 e. The summed E-state index contributed by atoms with van der Waals surface area (Å²) in [6.07, 6.45) is 0. The quantitative estimate of drug-likeness (QED) is 0.303. The third-order valence-corrected chi connectivity index (χ3v) is 7.91. The second-order valence-corrected chi connectivity index (χ2v) is 9.90. The van der Waals surface area contributed by atoms with E-state index in [0.29, 0.717) is 11.8 Å². The first-order chi connectivity index (χ1) is 13.5. The molecule has 1 aliphatic heterocycles. The first-order valence-corrected chi connectivity index (χ1v) is 11.4. The minimum Gasteiger partial charge on any atom is -0.251 e. The van der Waals surface area contributed by atoms with E-state index in [-0.39, 0.29) is 0 Å². The molecule has 1 aliphatic rings. The van der Waals surface area contributed by atoms with Crippen molar-refractivity contribution in [1.82, 2.24) is 9.97 Å². The Morgan fingerprint density at radius 2 is 0.964 bits per heavy atom. The van der Waals surface area contributed by atoms with Gasteiger partial charge in [0.05, 0.1) is 22.4 Å². The van der Waals surface area contributed by atoms with E-state index in [0.717, 1.165) is 11.0 Å². The van der Waals surface area contributed by atoms with E-state index >= 15 is 0 Å². The van der Waals surface area contributed by atoms with Gasteiger partial charge in [-0.3, -0.25) is 9.97 Å². The summed E-state index contributed by atoms with van der Waals surface area (Å²) in [4.78, 5) is 15.4. The Labute approximate surface area is 174 Å². The summed E-state index contributed by atoms with van der Waals surface area (Å²) in [6.45, 7) is 8.94. The highest BCUT2D eigenvalue weighted by Gasteiger charge is 2.29. The van der Waals surface area contributed by atoms with Crippen molar-refractivity contribution >= 4 is 45.3 Å². The van der Waals surface area contributed by atoms with Gasteiger partial charge in [-0.1, -0.05) is 87.6 Å². The van der Waals surface area contributed by atoms with Crippen LogP contribution in [0.4, 0.5) is 0 Å². The number of pyridine rings is 2. The Balaban J connectivity index is 1.85. The van der Waals surface area contributed by atoms with Gasteiger partial charge >= 0.3 is 0 Å². The molecule has 0 unspecified atom stereocenters. The monoisotopic (exact) mass is 402 g/mol.